The van der Waals surface area contributed by atoms with E-state index in [1.54, 1.807) is 32.0 Å². The number of nitrogens with zero attached hydrogens (tertiary/aromatic N) is 1. The van der Waals surface area contributed by atoms with E-state index >= 15 is 0 Å². The fourth-order valence-electron chi connectivity index (χ4n) is 2.60. The van der Waals surface area contributed by atoms with Crippen LogP contribution in [0.25, 0.3) is 0 Å². The van der Waals surface area contributed by atoms with E-state index in [-0.39, 0.29) is 12.6 Å². The molecule has 1 heterocycles. The van der Waals surface area contributed by atoms with Crippen LogP contribution in [0.1, 0.15) is 32.4 Å². The second kappa shape index (κ2) is 7.23. The van der Waals surface area contributed by atoms with E-state index in [4.69, 9.17) is 27.9 Å². The summed E-state index contributed by atoms with van der Waals surface area (Å²) in [4.78, 5) is 26.2. The van der Waals surface area contributed by atoms with Crippen LogP contribution in [0.2, 0.25) is 10.0 Å². The second-order valence-corrected chi connectivity index (χ2v) is 5.86. The van der Waals surface area contributed by atoms with Crippen LogP contribution in [0.15, 0.2) is 29.5 Å². The highest BCUT2D eigenvalue weighted by Crippen LogP contribution is 2.35. The van der Waals surface area contributed by atoms with Gasteiger partial charge in [-0.2, -0.15) is 0 Å². The number of rotatable bonds is 4. The van der Waals surface area contributed by atoms with Crippen LogP contribution in [-0.2, 0) is 9.53 Å². The van der Waals surface area contributed by atoms with Gasteiger partial charge in [-0.15, -0.1) is 0 Å². The van der Waals surface area contributed by atoms with Gasteiger partial charge in [-0.05, 0) is 38.5 Å². The minimum absolute atomic E-state index is 0.247. The number of ether oxygens (including phenoxy) is 1. The van der Waals surface area contributed by atoms with Crippen molar-refractivity contribution in [2.45, 2.75) is 26.8 Å². The predicted octanol–water partition coefficient (Wildman–Crippen LogP) is 3.92. The summed E-state index contributed by atoms with van der Waals surface area (Å²) in [5, 5.41) is 3.67. The summed E-state index contributed by atoms with van der Waals surface area (Å²) in [5.41, 5.74) is 1.53. The molecule has 2 rings (SSSR count). The summed E-state index contributed by atoms with van der Waals surface area (Å²) in [5.74, 6) is -0.473. The van der Waals surface area contributed by atoms with Gasteiger partial charge in [0.15, 0.2) is 0 Å². The summed E-state index contributed by atoms with van der Waals surface area (Å²) in [6.07, 6.45) is 0. The molecule has 0 bridgehead atoms. The molecule has 1 aliphatic rings. The molecule has 23 heavy (non-hydrogen) atoms. The van der Waals surface area contributed by atoms with E-state index in [1.165, 1.54) is 4.90 Å². The maximum absolute atomic E-state index is 12.4. The van der Waals surface area contributed by atoms with E-state index in [2.05, 4.69) is 5.32 Å². The fourth-order valence-corrected chi connectivity index (χ4v) is 3.12. The van der Waals surface area contributed by atoms with Gasteiger partial charge in [0.25, 0.3) is 0 Å². The first kappa shape index (κ1) is 17.6. The number of halogens is 2. The lowest BCUT2D eigenvalue weighted by Crippen LogP contribution is -2.48. The van der Waals surface area contributed by atoms with Crippen molar-refractivity contribution in [3.8, 4) is 0 Å². The van der Waals surface area contributed by atoms with Crippen LogP contribution < -0.4 is 5.32 Å². The fraction of sp³-hybridized carbons (Fsp3) is 0.375. The van der Waals surface area contributed by atoms with Crippen molar-refractivity contribution in [1.82, 2.24) is 10.2 Å². The molecule has 1 aromatic rings. The van der Waals surface area contributed by atoms with Crippen molar-refractivity contribution in [3.05, 3.63) is 45.1 Å². The molecule has 124 valence electrons. The van der Waals surface area contributed by atoms with Crippen molar-refractivity contribution in [3.63, 3.8) is 0 Å². The number of urea groups is 1. The van der Waals surface area contributed by atoms with Crippen molar-refractivity contribution in [2.75, 3.05) is 13.2 Å². The number of carbonyl (C=O) groups excluding carboxylic acids is 2. The molecule has 7 heteroatoms. The lowest BCUT2D eigenvalue weighted by Gasteiger charge is -2.35. The van der Waals surface area contributed by atoms with Gasteiger partial charge in [-0.3, -0.25) is 4.90 Å². The number of hydrogen-bond acceptors (Lipinski definition) is 3. The standard InChI is InChI=1S/C16H18Cl2N2O3/c1-4-20-9(3)13(15(21)23-5-2)14(19-16(20)22)11-7-6-10(17)8-12(11)18/h6-8,14H,4-5H2,1-3H3,(H,19,22)/t14-/m1/s1. The van der Waals surface area contributed by atoms with Crippen LogP contribution in [0.4, 0.5) is 4.79 Å². The molecule has 2 amide bonds. The smallest absolute Gasteiger partial charge is 0.338 e. The SMILES string of the molecule is CCOC(=O)C1=C(C)N(CC)C(=O)N[C@@H]1c1ccc(Cl)cc1Cl. The molecular weight excluding hydrogens is 339 g/mol. The van der Waals surface area contributed by atoms with Gasteiger partial charge in [0, 0.05) is 22.3 Å². The van der Waals surface area contributed by atoms with Gasteiger partial charge in [-0.1, -0.05) is 29.3 Å². The third kappa shape index (κ3) is 3.46. The third-order valence-corrected chi connectivity index (χ3v) is 4.24. The van der Waals surface area contributed by atoms with Gasteiger partial charge in [0.2, 0.25) is 0 Å². The molecule has 1 aliphatic heterocycles. The molecule has 0 fully saturated rings. The Balaban J connectivity index is 2.57. The maximum Gasteiger partial charge on any atom is 0.338 e. The van der Waals surface area contributed by atoms with Crippen LogP contribution in [0.3, 0.4) is 0 Å². The Labute approximate surface area is 145 Å². The molecule has 0 aliphatic carbocycles. The first-order chi connectivity index (χ1) is 10.9. The lowest BCUT2D eigenvalue weighted by atomic mass is 9.95. The minimum Gasteiger partial charge on any atom is -0.463 e. The Kier molecular flexibility index (Phi) is 5.55. The van der Waals surface area contributed by atoms with Crippen LogP contribution in [0.5, 0.6) is 0 Å². The Bertz CT molecular complexity index is 673. The molecule has 0 unspecified atom stereocenters. The van der Waals surface area contributed by atoms with Crippen LogP contribution in [0, 0.1) is 0 Å². The zero-order valence-corrected chi connectivity index (χ0v) is 14.7. The van der Waals surface area contributed by atoms with Crippen molar-refractivity contribution in [2.24, 2.45) is 0 Å². The average molecular weight is 357 g/mol. The number of carbonyl (C=O) groups is 2. The van der Waals surface area contributed by atoms with E-state index in [0.29, 0.717) is 33.4 Å². The summed E-state index contributed by atoms with van der Waals surface area (Å²) < 4.78 is 5.15. The van der Waals surface area contributed by atoms with Gasteiger partial charge in [-0.25, -0.2) is 9.59 Å². The summed E-state index contributed by atoms with van der Waals surface area (Å²) in [6.45, 7) is 5.99. The Morgan fingerprint density at radius 3 is 2.61 bits per heavy atom. The zero-order valence-electron chi connectivity index (χ0n) is 13.2. The highest BCUT2D eigenvalue weighted by molar-refractivity contribution is 6.35. The monoisotopic (exact) mass is 356 g/mol. The molecule has 1 atom stereocenters. The average Bonchev–Trinajstić information content (AvgIpc) is 2.47. The van der Waals surface area contributed by atoms with E-state index in [0.717, 1.165) is 0 Å². The molecule has 0 aromatic heterocycles. The Morgan fingerprint density at radius 1 is 1.35 bits per heavy atom. The third-order valence-electron chi connectivity index (χ3n) is 3.68. The number of esters is 1. The Morgan fingerprint density at radius 2 is 2.04 bits per heavy atom. The normalized spacial score (nSPS) is 18.0. The minimum atomic E-state index is -0.672. The summed E-state index contributed by atoms with van der Waals surface area (Å²) in [6, 6.07) is 3.99. The second-order valence-electron chi connectivity index (χ2n) is 5.01. The van der Waals surface area contributed by atoms with Crippen molar-refractivity contribution in [1.29, 1.82) is 0 Å². The van der Waals surface area contributed by atoms with E-state index in [1.807, 2.05) is 6.92 Å². The molecule has 0 radical (unpaired) electrons. The molecule has 0 saturated heterocycles. The highest BCUT2D eigenvalue weighted by Gasteiger charge is 2.36. The van der Waals surface area contributed by atoms with Crippen molar-refractivity contribution >= 4 is 35.2 Å². The van der Waals surface area contributed by atoms with Gasteiger partial charge >= 0.3 is 12.0 Å². The topological polar surface area (TPSA) is 58.6 Å². The molecule has 1 N–H and O–H groups in total. The highest BCUT2D eigenvalue weighted by atomic mass is 35.5. The zero-order chi connectivity index (χ0) is 17.1. The molecule has 1 aromatic carbocycles. The summed E-state index contributed by atoms with van der Waals surface area (Å²) >= 11 is 12.2. The number of amides is 2. The molecule has 0 spiro atoms. The first-order valence-electron chi connectivity index (χ1n) is 7.31. The first-order valence-corrected chi connectivity index (χ1v) is 8.07. The van der Waals surface area contributed by atoms with E-state index in [9.17, 15) is 9.59 Å². The lowest BCUT2D eigenvalue weighted by molar-refractivity contribution is -0.139. The maximum atomic E-state index is 12.4. The number of allylic oxidation sites excluding steroid dienone is 1. The number of benzene rings is 1. The number of hydrogen-bond donors (Lipinski definition) is 1. The van der Waals surface area contributed by atoms with Gasteiger partial charge in [0.05, 0.1) is 18.2 Å². The number of nitrogens with one attached hydrogen (secondary N) is 1. The largest absolute Gasteiger partial charge is 0.463 e. The Hall–Kier alpha value is -1.72. The van der Waals surface area contributed by atoms with E-state index < -0.39 is 12.0 Å². The van der Waals surface area contributed by atoms with Gasteiger partial charge < -0.3 is 10.1 Å². The molecule has 0 saturated carbocycles. The van der Waals surface area contributed by atoms with Crippen LogP contribution in [-0.4, -0.2) is 30.1 Å². The molecule has 5 nitrogen and oxygen atoms in total. The quantitative estimate of drug-likeness (QED) is 0.831. The van der Waals surface area contributed by atoms with Crippen molar-refractivity contribution < 1.29 is 14.3 Å². The van der Waals surface area contributed by atoms with Gasteiger partial charge in [0.1, 0.15) is 0 Å². The predicted molar refractivity (Wildman–Crippen MR) is 89.4 cm³/mol. The molecular formula is C16H18Cl2N2O3. The summed E-state index contributed by atoms with van der Waals surface area (Å²) in [7, 11) is 0. The van der Waals surface area contributed by atoms with Crippen LogP contribution >= 0.6 is 23.2 Å².